The minimum atomic E-state index is -0.869. The molecule has 0 fully saturated rings. The van der Waals surface area contributed by atoms with Gasteiger partial charge in [0.15, 0.2) is 5.78 Å². The Hall–Kier alpha value is -3.61. The van der Waals surface area contributed by atoms with Crippen molar-refractivity contribution < 1.29 is 18.4 Å². The van der Waals surface area contributed by atoms with Crippen LogP contribution in [-0.4, -0.2) is 16.7 Å². The van der Waals surface area contributed by atoms with E-state index in [1.165, 1.54) is 19.2 Å². The van der Waals surface area contributed by atoms with Crippen molar-refractivity contribution in [2.45, 2.75) is 6.92 Å². The number of carbonyl (C=O) groups is 2. The molecule has 1 aromatic heterocycles. The fourth-order valence-corrected chi connectivity index (χ4v) is 2.36. The first-order chi connectivity index (χ1) is 12.9. The lowest BCUT2D eigenvalue weighted by Gasteiger charge is -2.09. The number of carbonyl (C=O) groups excluding carboxylic acids is 2. The van der Waals surface area contributed by atoms with Gasteiger partial charge in [-0.25, -0.2) is 13.8 Å². The zero-order chi connectivity index (χ0) is 19.4. The summed E-state index contributed by atoms with van der Waals surface area (Å²) < 4.78 is 26.5. The van der Waals surface area contributed by atoms with Crippen LogP contribution >= 0.6 is 0 Å². The smallest absolute Gasteiger partial charge is 0.274 e. The quantitative estimate of drug-likeness (QED) is 0.649. The maximum Gasteiger partial charge on any atom is 0.274 e. The van der Waals surface area contributed by atoms with Gasteiger partial charge in [-0.15, -0.1) is 0 Å². The normalized spacial score (nSPS) is 10.3. The molecule has 0 saturated carbocycles. The lowest BCUT2D eigenvalue weighted by Crippen LogP contribution is -2.14. The molecule has 0 unspecified atom stereocenters. The SMILES string of the molecule is CC(=O)c1cccc(Nc2ccc(C(=O)Nc3ccc(F)cc3F)nc2)c1. The first-order valence-electron chi connectivity index (χ1n) is 8.03. The predicted octanol–water partition coefficient (Wildman–Crippen LogP) is 4.56. The Kier molecular flexibility index (Phi) is 5.21. The largest absolute Gasteiger partial charge is 0.354 e. The van der Waals surface area contributed by atoms with Crippen LogP contribution in [0.5, 0.6) is 0 Å². The van der Waals surface area contributed by atoms with Crippen LogP contribution in [0.15, 0.2) is 60.8 Å². The molecular weight excluding hydrogens is 352 g/mol. The van der Waals surface area contributed by atoms with Crippen LogP contribution in [0.3, 0.4) is 0 Å². The van der Waals surface area contributed by atoms with E-state index in [4.69, 9.17) is 0 Å². The molecule has 0 spiro atoms. The molecule has 1 amide bonds. The number of ketones is 1. The van der Waals surface area contributed by atoms with Crippen molar-refractivity contribution in [3.05, 3.63) is 83.7 Å². The minimum Gasteiger partial charge on any atom is -0.354 e. The summed E-state index contributed by atoms with van der Waals surface area (Å²) >= 11 is 0. The molecule has 27 heavy (non-hydrogen) atoms. The van der Waals surface area contributed by atoms with Gasteiger partial charge in [0.05, 0.1) is 17.6 Å². The number of hydrogen-bond donors (Lipinski definition) is 2. The zero-order valence-corrected chi connectivity index (χ0v) is 14.3. The molecule has 136 valence electrons. The van der Waals surface area contributed by atoms with Gasteiger partial charge in [-0.05, 0) is 43.3 Å². The molecule has 0 aliphatic heterocycles. The number of benzene rings is 2. The topological polar surface area (TPSA) is 71.1 Å². The Morgan fingerprint density at radius 3 is 2.44 bits per heavy atom. The summed E-state index contributed by atoms with van der Waals surface area (Å²) in [5.74, 6) is -2.26. The highest BCUT2D eigenvalue weighted by atomic mass is 19.1. The Balaban J connectivity index is 1.70. The molecule has 1 heterocycles. The van der Waals surface area contributed by atoms with Gasteiger partial charge in [-0.3, -0.25) is 9.59 Å². The third-order valence-electron chi connectivity index (χ3n) is 3.73. The lowest BCUT2D eigenvalue weighted by molar-refractivity contribution is 0.101. The van der Waals surface area contributed by atoms with Gasteiger partial charge < -0.3 is 10.6 Å². The summed E-state index contributed by atoms with van der Waals surface area (Å²) in [4.78, 5) is 27.6. The van der Waals surface area contributed by atoms with E-state index in [-0.39, 0.29) is 17.2 Å². The molecule has 0 saturated heterocycles. The summed E-state index contributed by atoms with van der Waals surface area (Å²) in [6.45, 7) is 1.48. The van der Waals surface area contributed by atoms with Crippen LogP contribution in [-0.2, 0) is 0 Å². The number of anilines is 3. The number of pyridine rings is 1. The van der Waals surface area contributed by atoms with E-state index < -0.39 is 17.5 Å². The number of halogens is 2. The van der Waals surface area contributed by atoms with Crippen molar-refractivity contribution >= 4 is 28.8 Å². The molecule has 2 N–H and O–H groups in total. The first kappa shape index (κ1) is 18.2. The van der Waals surface area contributed by atoms with Crippen LogP contribution in [0, 0.1) is 11.6 Å². The Morgan fingerprint density at radius 1 is 0.963 bits per heavy atom. The second-order valence-electron chi connectivity index (χ2n) is 5.77. The highest BCUT2D eigenvalue weighted by Crippen LogP contribution is 2.19. The van der Waals surface area contributed by atoms with E-state index in [0.717, 1.165) is 12.1 Å². The standard InChI is InChI=1S/C20H15F2N3O2/c1-12(26)13-3-2-4-15(9-13)24-16-6-8-19(23-11-16)20(27)25-18-7-5-14(21)10-17(18)22/h2-11,24H,1H3,(H,25,27). The van der Waals surface area contributed by atoms with Crippen molar-refractivity contribution in [2.24, 2.45) is 0 Å². The van der Waals surface area contributed by atoms with Crippen LogP contribution in [0.4, 0.5) is 25.8 Å². The van der Waals surface area contributed by atoms with Gasteiger partial charge in [0.25, 0.3) is 5.91 Å². The van der Waals surface area contributed by atoms with E-state index in [0.29, 0.717) is 23.0 Å². The average molecular weight is 367 g/mol. The fourth-order valence-electron chi connectivity index (χ4n) is 2.36. The van der Waals surface area contributed by atoms with E-state index in [9.17, 15) is 18.4 Å². The highest BCUT2D eigenvalue weighted by molar-refractivity contribution is 6.03. The molecule has 0 bridgehead atoms. The first-order valence-corrected chi connectivity index (χ1v) is 8.03. The second-order valence-corrected chi connectivity index (χ2v) is 5.77. The fraction of sp³-hybridized carbons (Fsp3) is 0.0500. The van der Waals surface area contributed by atoms with Crippen molar-refractivity contribution in [3.63, 3.8) is 0 Å². The molecular formula is C20H15F2N3O2. The molecule has 5 nitrogen and oxygen atoms in total. The van der Waals surface area contributed by atoms with Crippen molar-refractivity contribution in [1.29, 1.82) is 0 Å². The van der Waals surface area contributed by atoms with E-state index >= 15 is 0 Å². The van der Waals surface area contributed by atoms with Gasteiger partial charge in [0, 0.05) is 17.3 Å². The van der Waals surface area contributed by atoms with E-state index in [1.54, 1.807) is 30.3 Å². The highest BCUT2D eigenvalue weighted by Gasteiger charge is 2.11. The lowest BCUT2D eigenvalue weighted by atomic mass is 10.1. The number of hydrogen-bond acceptors (Lipinski definition) is 4. The molecule has 3 aromatic rings. The van der Waals surface area contributed by atoms with Crippen molar-refractivity contribution in [1.82, 2.24) is 4.98 Å². The van der Waals surface area contributed by atoms with E-state index in [1.807, 2.05) is 0 Å². The summed E-state index contributed by atoms with van der Waals surface area (Å²) in [5.41, 5.74) is 1.83. The molecule has 0 aliphatic carbocycles. The average Bonchev–Trinajstić information content (AvgIpc) is 2.65. The van der Waals surface area contributed by atoms with Crippen LogP contribution < -0.4 is 10.6 Å². The molecule has 3 rings (SSSR count). The van der Waals surface area contributed by atoms with Gasteiger partial charge in [-0.1, -0.05) is 12.1 Å². The molecule has 0 aliphatic rings. The predicted molar refractivity (Wildman–Crippen MR) is 98.3 cm³/mol. The van der Waals surface area contributed by atoms with Gasteiger partial charge >= 0.3 is 0 Å². The third-order valence-corrected chi connectivity index (χ3v) is 3.73. The second kappa shape index (κ2) is 7.74. The molecule has 0 radical (unpaired) electrons. The number of aromatic nitrogens is 1. The van der Waals surface area contributed by atoms with Crippen LogP contribution in [0.1, 0.15) is 27.8 Å². The number of Topliss-reactive ketones (excluding diaryl/α,β-unsaturated/α-hetero) is 1. The van der Waals surface area contributed by atoms with Gasteiger partial charge in [-0.2, -0.15) is 0 Å². The number of nitrogens with zero attached hydrogens (tertiary/aromatic N) is 1. The maximum atomic E-state index is 13.6. The van der Waals surface area contributed by atoms with E-state index in [2.05, 4.69) is 15.6 Å². The maximum absolute atomic E-state index is 13.6. The van der Waals surface area contributed by atoms with Crippen molar-refractivity contribution in [3.8, 4) is 0 Å². The van der Waals surface area contributed by atoms with Gasteiger partial charge in [0.1, 0.15) is 17.3 Å². The molecule has 0 atom stereocenters. The summed E-state index contributed by atoms with van der Waals surface area (Å²) in [6.07, 6.45) is 1.44. The Morgan fingerprint density at radius 2 is 1.78 bits per heavy atom. The minimum absolute atomic E-state index is 0.0446. The molecule has 7 heteroatoms. The van der Waals surface area contributed by atoms with Crippen LogP contribution in [0.25, 0.3) is 0 Å². The van der Waals surface area contributed by atoms with Crippen molar-refractivity contribution in [2.75, 3.05) is 10.6 Å². The number of nitrogens with one attached hydrogen (secondary N) is 2. The Bertz CT molecular complexity index is 1000. The van der Waals surface area contributed by atoms with Gasteiger partial charge in [0.2, 0.25) is 0 Å². The number of rotatable bonds is 5. The van der Waals surface area contributed by atoms with Crippen LogP contribution in [0.2, 0.25) is 0 Å². The number of amides is 1. The summed E-state index contributed by atoms with van der Waals surface area (Å²) in [6, 6.07) is 12.9. The third kappa shape index (κ3) is 4.52. The molecule has 2 aromatic carbocycles. The zero-order valence-electron chi connectivity index (χ0n) is 14.3. The monoisotopic (exact) mass is 367 g/mol. The Labute approximate surface area is 154 Å². The summed E-state index contributed by atoms with van der Waals surface area (Å²) in [5, 5.41) is 5.42. The summed E-state index contributed by atoms with van der Waals surface area (Å²) in [7, 11) is 0.